The van der Waals surface area contributed by atoms with E-state index < -0.39 is 59.6 Å². The highest BCUT2D eigenvalue weighted by Crippen LogP contribution is 2.21. The summed E-state index contributed by atoms with van der Waals surface area (Å²) in [5.41, 5.74) is 1.74. The van der Waals surface area contributed by atoms with Crippen molar-refractivity contribution < 1.29 is 33.2 Å². The van der Waals surface area contributed by atoms with E-state index in [1.807, 2.05) is 37.3 Å². The first-order valence-electron chi connectivity index (χ1n) is 18.0. The second kappa shape index (κ2) is 18.5. The summed E-state index contributed by atoms with van der Waals surface area (Å²) in [4.78, 5) is 84.0. The molecule has 5 N–H and O–H groups in total. The van der Waals surface area contributed by atoms with Gasteiger partial charge in [-0.3, -0.25) is 33.7 Å². The number of carbonyl (C=O) groups excluding carboxylic acids is 6. The summed E-state index contributed by atoms with van der Waals surface area (Å²) >= 11 is 0. The molecule has 0 saturated carbocycles. The Morgan fingerprint density at radius 2 is 1.67 bits per heavy atom. The summed E-state index contributed by atoms with van der Waals surface area (Å²) in [7, 11) is 1.48. The maximum atomic E-state index is 13.7. The highest BCUT2D eigenvalue weighted by Gasteiger charge is 2.33. The number of furan rings is 1. The average Bonchev–Trinajstić information content (AvgIpc) is 3.77. The summed E-state index contributed by atoms with van der Waals surface area (Å²) in [5.74, 6) is -2.81. The van der Waals surface area contributed by atoms with Crippen LogP contribution in [0.15, 0.2) is 40.8 Å². The van der Waals surface area contributed by atoms with Crippen molar-refractivity contribution in [1.82, 2.24) is 36.4 Å². The van der Waals surface area contributed by atoms with Gasteiger partial charge in [0, 0.05) is 38.5 Å². The summed E-state index contributed by atoms with van der Waals surface area (Å²) in [6.07, 6.45) is 3.50. The number of rotatable bonds is 8. The molecule has 2 aromatic rings. The fourth-order valence-corrected chi connectivity index (χ4v) is 6.34. The van der Waals surface area contributed by atoms with Gasteiger partial charge in [0.15, 0.2) is 5.76 Å². The van der Waals surface area contributed by atoms with Crippen LogP contribution in [-0.2, 0) is 43.4 Å². The van der Waals surface area contributed by atoms with Crippen LogP contribution in [0.25, 0.3) is 0 Å². The van der Waals surface area contributed by atoms with Gasteiger partial charge < -0.3 is 35.9 Å². The van der Waals surface area contributed by atoms with Gasteiger partial charge in [-0.2, -0.15) is 0 Å². The van der Waals surface area contributed by atoms with Gasteiger partial charge in [0.25, 0.3) is 5.91 Å². The van der Waals surface area contributed by atoms with E-state index in [2.05, 4.69) is 31.5 Å². The third kappa shape index (κ3) is 11.1. The molecule has 14 heteroatoms. The zero-order chi connectivity index (χ0) is 37.1. The van der Waals surface area contributed by atoms with Crippen molar-refractivity contribution in [2.45, 2.75) is 96.9 Å². The number of benzene rings is 1. The molecular weight excluding hydrogens is 654 g/mol. The molecule has 51 heavy (non-hydrogen) atoms. The SMILES string of the molecule is CCc1oc(C(=O)N[C@H]2CCCNC(=O)CN(C)C(=O)[C@H](Cc3ccccc3)NC(=O)[C@@H](C)NC(=O)[C@@H](C(C)C)NC2=O)cc1CN1CCCC1. The first kappa shape index (κ1) is 39.1. The van der Waals surface area contributed by atoms with Crippen LogP contribution in [0.5, 0.6) is 0 Å². The Bertz CT molecular complexity index is 1540. The molecule has 0 radical (unpaired) electrons. The van der Waals surface area contributed by atoms with E-state index in [9.17, 15) is 28.8 Å². The Morgan fingerprint density at radius 3 is 2.33 bits per heavy atom. The molecule has 6 amide bonds. The van der Waals surface area contributed by atoms with Crippen molar-refractivity contribution in [3.63, 3.8) is 0 Å². The van der Waals surface area contributed by atoms with Gasteiger partial charge >= 0.3 is 0 Å². The number of nitrogens with one attached hydrogen (secondary N) is 5. The summed E-state index contributed by atoms with van der Waals surface area (Å²) in [5, 5.41) is 13.7. The van der Waals surface area contributed by atoms with Crippen molar-refractivity contribution >= 4 is 35.4 Å². The van der Waals surface area contributed by atoms with Crippen LogP contribution in [0.4, 0.5) is 0 Å². The van der Waals surface area contributed by atoms with E-state index in [0.717, 1.165) is 37.1 Å². The molecule has 4 rings (SSSR count). The molecule has 1 aromatic carbocycles. The molecule has 2 saturated heterocycles. The van der Waals surface area contributed by atoms with Crippen LogP contribution in [0.3, 0.4) is 0 Å². The number of aryl methyl sites for hydroxylation is 1. The molecule has 0 spiro atoms. The topological polar surface area (TPSA) is 182 Å². The van der Waals surface area contributed by atoms with E-state index in [0.29, 0.717) is 25.1 Å². The summed E-state index contributed by atoms with van der Waals surface area (Å²) < 4.78 is 5.94. The van der Waals surface area contributed by atoms with E-state index in [1.54, 1.807) is 19.9 Å². The minimum atomic E-state index is -1.07. The van der Waals surface area contributed by atoms with E-state index in [-0.39, 0.29) is 37.6 Å². The van der Waals surface area contributed by atoms with Gasteiger partial charge in [0.1, 0.15) is 29.9 Å². The zero-order valence-electron chi connectivity index (χ0n) is 30.4. The lowest BCUT2D eigenvalue weighted by Crippen LogP contribution is -2.59. The Balaban J connectivity index is 1.53. The highest BCUT2D eigenvalue weighted by molar-refractivity contribution is 5.98. The van der Waals surface area contributed by atoms with Crippen LogP contribution < -0.4 is 26.6 Å². The molecule has 3 heterocycles. The lowest BCUT2D eigenvalue weighted by atomic mass is 10.0. The third-order valence-corrected chi connectivity index (χ3v) is 9.30. The number of amides is 6. The summed E-state index contributed by atoms with van der Waals surface area (Å²) in [6, 6.07) is 6.71. The fraction of sp³-hybridized carbons (Fsp3) is 0.568. The number of nitrogens with zero attached hydrogens (tertiary/aromatic N) is 2. The lowest BCUT2D eigenvalue weighted by molar-refractivity contribution is -0.139. The number of likely N-dealkylation sites (tertiary alicyclic amines) is 1. The Hall–Kier alpha value is -4.72. The third-order valence-electron chi connectivity index (χ3n) is 9.30. The highest BCUT2D eigenvalue weighted by atomic mass is 16.4. The standard InChI is InChI=1S/C37H53N7O7/c1-6-29-26(21-44-17-10-11-18-44)20-30(51-29)35(48)40-27-15-12-16-38-31(45)22-43(5)37(50)28(19-25-13-8-7-9-14-25)41-33(46)24(4)39-36(49)32(23(2)3)42-34(27)47/h7-9,13-14,20,23-24,27-28,32H,6,10-12,15-19,21-22H2,1-5H3,(H,38,45)(H,39,49)(H,40,48)(H,41,46)(H,42,47)/t24-,27+,28+,32-/m1/s1. The average molecular weight is 708 g/mol. The largest absolute Gasteiger partial charge is 0.456 e. The molecule has 14 nitrogen and oxygen atoms in total. The van der Waals surface area contributed by atoms with Gasteiger partial charge in [-0.15, -0.1) is 0 Å². The maximum absolute atomic E-state index is 13.7. The van der Waals surface area contributed by atoms with Crippen molar-refractivity contribution in [1.29, 1.82) is 0 Å². The van der Waals surface area contributed by atoms with Crippen molar-refractivity contribution in [3.05, 3.63) is 59.0 Å². The number of hydrogen-bond acceptors (Lipinski definition) is 8. The molecule has 2 aliphatic rings. The lowest BCUT2D eigenvalue weighted by Gasteiger charge is -2.28. The number of likely N-dealkylation sites (N-methyl/N-ethyl adjacent to an activating group) is 1. The van der Waals surface area contributed by atoms with E-state index in [1.165, 1.54) is 18.9 Å². The van der Waals surface area contributed by atoms with Crippen LogP contribution in [-0.4, -0.2) is 103 Å². The van der Waals surface area contributed by atoms with Crippen molar-refractivity contribution in [2.24, 2.45) is 5.92 Å². The quantitative estimate of drug-likeness (QED) is 0.272. The van der Waals surface area contributed by atoms with E-state index >= 15 is 0 Å². The number of hydrogen-bond donors (Lipinski definition) is 5. The van der Waals surface area contributed by atoms with Gasteiger partial charge in [-0.1, -0.05) is 51.1 Å². The normalized spacial score (nSPS) is 23.6. The zero-order valence-corrected chi connectivity index (χ0v) is 30.4. The fourth-order valence-electron chi connectivity index (χ4n) is 6.34. The Morgan fingerprint density at radius 1 is 0.961 bits per heavy atom. The minimum Gasteiger partial charge on any atom is -0.456 e. The van der Waals surface area contributed by atoms with Crippen LogP contribution in [0.1, 0.15) is 80.8 Å². The first-order chi connectivity index (χ1) is 24.4. The van der Waals surface area contributed by atoms with Crippen LogP contribution in [0, 0.1) is 5.92 Å². The first-order valence-corrected chi connectivity index (χ1v) is 18.0. The van der Waals surface area contributed by atoms with Crippen molar-refractivity contribution in [2.75, 3.05) is 33.2 Å². The molecule has 1 aromatic heterocycles. The molecule has 278 valence electrons. The predicted octanol–water partition coefficient (Wildman–Crippen LogP) is 1.28. The van der Waals surface area contributed by atoms with Crippen LogP contribution in [0.2, 0.25) is 0 Å². The van der Waals surface area contributed by atoms with Crippen molar-refractivity contribution in [3.8, 4) is 0 Å². The molecule has 0 aliphatic carbocycles. The predicted molar refractivity (Wildman–Crippen MR) is 190 cm³/mol. The Kier molecular flexibility index (Phi) is 14.2. The molecule has 0 unspecified atom stereocenters. The smallest absolute Gasteiger partial charge is 0.287 e. The molecule has 2 aliphatic heterocycles. The molecule has 2 fully saturated rings. The van der Waals surface area contributed by atoms with E-state index in [4.69, 9.17) is 4.42 Å². The second-order valence-corrected chi connectivity index (χ2v) is 13.8. The minimum absolute atomic E-state index is 0.0952. The molecule has 4 atom stereocenters. The van der Waals surface area contributed by atoms with Gasteiger partial charge in [0.05, 0.1) is 6.54 Å². The monoisotopic (exact) mass is 707 g/mol. The molecular formula is C37H53N7O7. The van der Waals surface area contributed by atoms with Gasteiger partial charge in [-0.05, 0) is 63.2 Å². The van der Waals surface area contributed by atoms with Gasteiger partial charge in [-0.25, -0.2) is 0 Å². The Labute approximate surface area is 299 Å². The summed E-state index contributed by atoms with van der Waals surface area (Å²) in [6.45, 7) is 9.52. The van der Waals surface area contributed by atoms with Crippen LogP contribution >= 0.6 is 0 Å². The van der Waals surface area contributed by atoms with Gasteiger partial charge in [0.2, 0.25) is 29.5 Å². The molecule has 0 bridgehead atoms. The second-order valence-electron chi connectivity index (χ2n) is 13.8. The maximum Gasteiger partial charge on any atom is 0.287 e. The number of carbonyl (C=O) groups is 6.